The number of halogens is 1. The molecule has 8 heteroatoms. The molecule has 29 heavy (non-hydrogen) atoms. The minimum Gasteiger partial charge on any atom is -0.341 e. The molecule has 1 fully saturated rings. The lowest BCUT2D eigenvalue weighted by atomic mass is 10.1. The van der Waals surface area contributed by atoms with E-state index in [4.69, 9.17) is 28.9 Å². The van der Waals surface area contributed by atoms with Crippen LogP contribution in [0, 0.1) is 6.57 Å². The number of rotatable bonds is 4. The highest BCUT2D eigenvalue weighted by molar-refractivity contribution is 6.31. The van der Waals surface area contributed by atoms with Crippen molar-refractivity contribution < 1.29 is 0 Å². The van der Waals surface area contributed by atoms with Crippen molar-refractivity contribution >= 4 is 28.6 Å². The first-order valence-corrected chi connectivity index (χ1v) is 10.0. The van der Waals surface area contributed by atoms with Crippen molar-refractivity contribution in [1.82, 2.24) is 14.1 Å². The Morgan fingerprint density at radius 1 is 1.38 bits per heavy atom. The van der Waals surface area contributed by atoms with Gasteiger partial charge in [-0.3, -0.25) is 4.79 Å². The van der Waals surface area contributed by atoms with Gasteiger partial charge in [0.2, 0.25) is 5.95 Å². The van der Waals surface area contributed by atoms with Crippen molar-refractivity contribution in [3.63, 3.8) is 0 Å². The summed E-state index contributed by atoms with van der Waals surface area (Å²) < 4.78 is 3.48. The highest BCUT2D eigenvalue weighted by Crippen LogP contribution is 2.27. The number of aromatic nitrogens is 3. The van der Waals surface area contributed by atoms with E-state index in [0.29, 0.717) is 34.8 Å². The van der Waals surface area contributed by atoms with Crippen LogP contribution < -0.4 is 16.2 Å². The van der Waals surface area contributed by atoms with Crippen LogP contribution in [0.25, 0.3) is 15.9 Å². The Bertz CT molecular complexity index is 1160. The van der Waals surface area contributed by atoms with Crippen LogP contribution in [0.5, 0.6) is 0 Å². The van der Waals surface area contributed by atoms with Gasteiger partial charge < -0.3 is 24.6 Å². The molecule has 0 bridgehead atoms. The van der Waals surface area contributed by atoms with Crippen molar-refractivity contribution in [3.05, 3.63) is 68.4 Å². The molecule has 1 aliphatic heterocycles. The predicted molar refractivity (Wildman–Crippen MR) is 115 cm³/mol. The standard InChI is InChI=1S/C21H23ClN6O/c1-24-11-16-10-18-19(20(29)26(16)2)28(12-14-6-3-4-8-17(14)22)21(25-18)27-9-5-7-15(23)13-27/h3-4,6,8,10,15H,5,7,9,11-13,23H2,2H3/t15-/m1/s1. The predicted octanol–water partition coefficient (Wildman–Crippen LogP) is 2.78. The van der Waals surface area contributed by atoms with Crippen LogP contribution in [0.2, 0.25) is 5.02 Å². The van der Waals surface area contributed by atoms with Gasteiger partial charge in [0.15, 0.2) is 0 Å². The van der Waals surface area contributed by atoms with E-state index in [9.17, 15) is 4.79 Å². The van der Waals surface area contributed by atoms with E-state index >= 15 is 0 Å². The van der Waals surface area contributed by atoms with Gasteiger partial charge in [-0.05, 0) is 30.5 Å². The van der Waals surface area contributed by atoms with Gasteiger partial charge in [-0.2, -0.15) is 0 Å². The number of hydrogen-bond acceptors (Lipinski definition) is 4. The summed E-state index contributed by atoms with van der Waals surface area (Å²) in [7, 11) is 1.70. The molecule has 4 rings (SSSR count). The third-order valence-electron chi connectivity index (χ3n) is 5.48. The SMILES string of the molecule is [C-]#[N+]Cc1cc2nc(N3CCC[C@@H](N)C3)n(Cc3ccccc3Cl)c2c(=O)n1C. The van der Waals surface area contributed by atoms with E-state index in [0.717, 1.165) is 30.9 Å². The molecule has 1 atom stereocenters. The molecule has 0 amide bonds. The maximum Gasteiger partial charge on any atom is 0.276 e. The van der Waals surface area contributed by atoms with Gasteiger partial charge in [0.25, 0.3) is 12.1 Å². The number of nitrogens with two attached hydrogens (primary N) is 1. The summed E-state index contributed by atoms with van der Waals surface area (Å²) in [6.07, 6.45) is 1.97. The van der Waals surface area contributed by atoms with Crippen molar-refractivity contribution in [2.75, 3.05) is 18.0 Å². The Balaban J connectivity index is 1.92. The lowest BCUT2D eigenvalue weighted by molar-refractivity contribution is 0.495. The zero-order valence-electron chi connectivity index (χ0n) is 16.3. The van der Waals surface area contributed by atoms with E-state index in [1.54, 1.807) is 7.05 Å². The number of benzene rings is 1. The monoisotopic (exact) mass is 410 g/mol. The van der Waals surface area contributed by atoms with Gasteiger partial charge >= 0.3 is 0 Å². The second-order valence-corrected chi connectivity index (χ2v) is 7.89. The largest absolute Gasteiger partial charge is 0.341 e. The van der Waals surface area contributed by atoms with Crippen LogP contribution in [0.4, 0.5) is 5.95 Å². The molecular weight excluding hydrogens is 388 g/mol. The van der Waals surface area contributed by atoms with Crippen LogP contribution >= 0.6 is 11.6 Å². The molecule has 1 aromatic carbocycles. The maximum absolute atomic E-state index is 13.2. The minimum atomic E-state index is -0.159. The molecule has 150 valence electrons. The van der Waals surface area contributed by atoms with Crippen LogP contribution in [-0.4, -0.2) is 33.2 Å². The molecule has 0 aliphatic carbocycles. The van der Waals surface area contributed by atoms with E-state index in [1.165, 1.54) is 4.57 Å². The molecule has 3 aromatic rings. The molecule has 3 heterocycles. The first-order chi connectivity index (χ1) is 14.0. The zero-order valence-corrected chi connectivity index (χ0v) is 17.1. The Morgan fingerprint density at radius 2 is 2.17 bits per heavy atom. The molecule has 0 radical (unpaired) electrons. The molecule has 2 N–H and O–H groups in total. The Morgan fingerprint density at radius 3 is 2.90 bits per heavy atom. The summed E-state index contributed by atoms with van der Waals surface area (Å²) in [5.74, 6) is 0.729. The lowest BCUT2D eigenvalue weighted by Gasteiger charge is -2.32. The average molecular weight is 411 g/mol. The van der Waals surface area contributed by atoms with E-state index in [2.05, 4.69) is 9.74 Å². The number of hydrogen-bond donors (Lipinski definition) is 1. The number of anilines is 1. The summed E-state index contributed by atoms with van der Waals surface area (Å²) >= 11 is 6.41. The fraction of sp³-hybridized carbons (Fsp3) is 0.381. The highest BCUT2D eigenvalue weighted by Gasteiger charge is 2.25. The lowest BCUT2D eigenvalue weighted by Crippen LogP contribution is -2.44. The topological polar surface area (TPSA) is 73.4 Å². The first-order valence-electron chi connectivity index (χ1n) is 9.66. The first kappa shape index (κ1) is 19.5. The third-order valence-corrected chi connectivity index (χ3v) is 5.85. The molecule has 7 nitrogen and oxygen atoms in total. The molecular formula is C21H23ClN6O. The summed E-state index contributed by atoms with van der Waals surface area (Å²) in [4.78, 5) is 23.6. The Hall–Kier alpha value is -2.82. The highest BCUT2D eigenvalue weighted by atomic mass is 35.5. The number of fused-ring (bicyclic) bond motifs is 1. The molecule has 2 aromatic heterocycles. The Kier molecular flexibility index (Phi) is 5.31. The van der Waals surface area contributed by atoms with Gasteiger partial charge in [-0.1, -0.05) is 29.8 Å². The third kappa shape index (κ3) is 3.61. The van der Waals surface area contributed by atoms with Crippen LogP contribution in [0.1, 0.15) is 24.1 Å². The normalized spacial score (nSPS) is 16.9. The fourth-order valence-corrected chi connectivity index (χ4v) is 4.14. The molecule has 1 aliphatic rings. The molecule has 1 saturated heterocycles. The Labute approximate surface area is 174 Å². The van der Waals surface area contributed by atoms with Gasteiger partial charge in [-0.15, -0.1) is 0 Å². The van der Waals surface area contributed by atoms with Gasteiger partial charge in [0.05, 0.1) is 12.1 Å². The smallest absolute Gasteiger partial charge is 0.276 e. The van der Waals surface area contributed by atoms with E-state index < -0.39 is 0 Å². The van der Waals surface area contributed by atoms with Gasteiger partial charge in [0, 0.05) is 31.2 Å². The van der Waals surface area contributed by atoms with Gasteiger partial charge in [0.1, 0.15) is 11.2 Å². The number of imidazole rings is 1. The maximum atomic E-state index is 13.2. The number of piperidine rings is 1. The van der Waals surface area contributed by atoms with Crippen LogP contribution in [0.15, 0.2) is 35.1 Å². The van der Waals surface area contributed by atoms with Crippen molar-refractivity contribution in [2.24, 2.45) is 12.8 Å². The molecule has 0 unspecified atom stereocenters. The summed E-state index contributed by atoms with van der Waals surface area (Å²) in [6, 6.07) is 9.54. The second kappa shape index (κ2) is 7.90. The van der Waals surface area contributed by atoms with Crippen molar-refractivity contribution in [2.45, 2.75) is 32.0 Å². The van der Waals surface area contributed by atoms with Crippen LogP contribution in [-0.2, 0) is 20.1 Å². The van der Waals surface area contributed by atoms with Gasteiger partial charge in [-0.25, -0.2) is 11.6 Å². The summed E-state index contributed by atoms with van der Waals surface area (Å²) in [5.41, 5.74) is 8.75. The van der Waals surface area contributed by atoms with Crippen molar-refractivity contribution in [1.29, 1.82) is 0 Å². The average Bonchev–Trinajstić information content (AvgIpc) is 3.06. The molecule has 0 saturated carbocycles. The fourth-order valence-electron chi connectivity index (χ4n) is 3.94. The minimum absolute atomic E-state index is 0.0813. The quantitative estimate of drug-likeness (QED) is 0.671. The van der Waals surface area contributed by atoms with Crippen LogP contribution in [0.3, 0.4) is 0 Å². The number of nitrogens with zero attached hydrogens (tertiary/aromatic N) is 5. The molecule has 0 spiro atoms. The number of pyridine rings is 1. The van der Waals surface area contributed by atoms with E-state index in [-0.39, 0.29) is 18.1 Å². The summed E-state index contributed by atoms with van der Waals surface area (Å²) in [5, 5.41) is 0.650. The van der Waals surface area contributed by atoms with E-state index in [1.807, 2.05) is 34.9 Å². The second-order valence-electron chi connectivity index (χ2n) is 7.49. The summed E-state index contributed by atoms with van der Waals surface area (Å²) in [6.45, 7) is 9.28. The van der Waals surface area contributed by atoms with Crippen molar-refractivity contribution in [3.8, 4) is 0 Å². The zero-order chi connectivity index (χ0) is 20.5.